The molecular weight excluding hydrogens is 234 g/mol. The standard InChI is InChI=1S/C16H23N3/c1-5-10-19-13(6-2)18-15(16(19)17)14-11(3)8-7-9-12(14)4/h7-9H,5-6,10,17H2,1-4H3. The smallest absolute Gasteiger partial charge is 0.131 e. The molecule has 0 atom stereocenters. The summed E-state index contributed by atoms with van der Waals surface area (Å²) in [7, 11) is 0. The van der Waals surface area contributed by atoms with E-state index in [2.05, 4.69) is 50.5 Å². The third kappa shape index (κ3) is 2.37. The molecule has 0 saturated heterocycles. The molecule has 0 bridgehead atoms. The van der Waals surface area contributed by atoms with Gasteiger partial charge in [0.15, 0.2) is 0 Å². The number of anilines is 1. The fourth-order valence-electron chi connectivity index (χ4n) is 2.63. The molecule has 2 N–H and O–H groups in total. The van der Waals surface area contributed by atoms with Crippen molar-refractivity contribution in [2.45, 2.75) is 47.1 Å². The molecule has 0 aliphatic carbocycles. The first kappa shape index (κ1) is 13.7. The zero-order valence-corrected chi connectivity index (χ0v) is 12.3. The molecule has 0 saturated carbocycles. The average molecular weight is 257 g/mol. The van der Waals surface area contributed by atoms with Crippen LogP contribution in [0.1, 0.15) is 37.2 Å². The topological polar surface area (TPSA) is 43.8 Å². The van der Waals surface area contributed by atoms with E-state index in [1.165, 1.54) is 16.7 Å². The molecule has 0 amide bonds. The first-order chi connectivity index (χ1) is 9.10. The Labute approximate surface area is 115 Å². The monoisotopic (exact) mass is 257 g/mol. The van der Waals surface area contributed by atoms with E-state index in [-0.39, 0.29) is 0 Å². The minimum Gasteiger partial charge on any atom is -0.383 e. The molecule has 3 nitrogen and oxygen atoms in total. The van der Waals surface area contributed by atoms with Crippen LogP contribution in [0.4, 0.5) is 5.82 Å². The van der Waals surface area contributed by atoms with E-state index in [0.29, 0.717) is 0 Å². The molecule has 0 aliphatic rings. The predicted molar refractivity (Wildman–Crippen MR) is 81.2 cm³/mol. The van der Waals surface area contributed by atoms with Gasteiger partial charge < -0.3 is 10.3 Å². The van der Waals surface area contributed by atoms with Gasteiger partial charge in [-0.3, -0.25) is 0 Å². The van der Waals surface area contributed by atoms with Gasteiger partial charge in [0.05, 0.1) is 0 Å². The van der Waals surface area contributed by atoms with Crippen LogP contribution in [-0.4, -0.2) is 9.55 Å². The fourth-order valence-corrected chi connectivity index (χ4v) is 2.63. The maximum atomic E-state index is 6.34. The second-order valence-electron chi connectivity index (χ2n) is 5.03. The molecule has 1 aromatic heterocycles. The van der Waals surface area contributed by atoms with Gasteiger partial charge in [-0.25, -0.2) is 4.98 Å². The van der Waals surface area contributed by atoms with Crippen molar-refractivity contribution in [2.24, 2.45) is 0 Å². The first-order valence-electron chi connectivity index (χ1n) is 7.01. The molecule has 0 unspecified atom stereocenters. The number of nitrogens with zero attached hydrogens (tertiary/aromatic N) is 2. The highest BCUT2D eigenvalue weighted by Gasteiger charge is 2.17. The highest BCUT2D eigenvalue weighted by atomic mass is 15.1. The summed E-state index contributed by atoms with van der Waals surface area (Å²) in [6.45, 7) is 9.46. The molecule has 0 spiro atoms. The summed E-state index contributed by atoms with van der Waals surface area (Å²) in [5, 5.41) is 0. The lowest BCUT2D eigenvalue weighted by Gasteiger charge is -2.09. The normalized spacial score (nSPS) is 10.9. The molecule has 0 radical (unpaired) electrons. The van der Waals surface area contributed by atoms with Crippen LogP contribution in [0.3, 0.4) is 0 Å². The van der Waals surface area contributed by atoms with Crippen LogP contribution >= 0.6 is 0 Å². The number of rotatable bonds is 4. The molecule has 2 aromatic rings. The Bertz CT molecular complexity index is 562. The first-order valence-corrected chi connectivity index (χ1v) is 7.01. The van der Waals surface area contributed by atoms with Crippen molar-refractivity contribution in [3.63, 3.8) is 0 Å². The molecular formula is C16H23N3. The van der Waals surface area contributed by atoms with Crippen molar-refractivity contribution in [1.29, 1.82) is 0 Å². The number of hydrogen-bond donors (Lipinski definition) is 1. The minimum absolute atomic E-state index is 0.802. The Balaban J connectivity index is 2.63. The summed E-state index contributed by atoms with van der Waals surface area (Å²) in [6, 6.07) is 6.31. The third-order valence-corrected chi connectivity index (χ3v) is 3.57. The zero-order valence-electron chi connectivity index (χ0n) is 12.3. The maximum Gasteiger partial charge on any atom is 0.131 e. The molecule has 102 valence electrons. The SMILES string of the molecule is CCCn1c(CC)nc(-c2c(C)cccc2C)c1N. The highest BCUT2D eigenvalue weighted by molar-refractivity contribution is 5.76. The summed E-state index contributed by atoms with van der Waals surface area (Å²) in [5.74, 6) is 1.88. The van der Waals surface area contributed by atoms with Gasteiger partial charge in [-0.15, -0.1) is 0 Å². The van der Waals surface area contributed by atoms with Crippen molar-refractivity contribution in [2.75, 3.05) is 5.73 Å². The molecule has 0 fully saturated rings. The van der Waals surface area contributed by atoms with Crippen LogP contribution < -0.4 is 5.73 Å². The van der Waals surface area contributed by atoms with E-state index in [4.69, 9.17) is 10.7 Å². The van der Waals surface area contributed by atoms with Crippen LogP contribution in [0, 0.1) is 13.8 Å². The summed E-state index contributed by atoms with van der Waals surface area (Å²) in [5.41, 5.74) is 10.9. The lowest BCUT2D eigenvalue weighted by molar-refractivity contribution is 0.650. The molecule has 2 rings (SSSR count). The Morgan fingerprint density at radius 2 is 1.79 bits per heavy atom. The zero-order chi connectivity index (χ0) is 14.0. The maximum absolute atomic E-state index is 6.34. The number of benzene rings is 1. The van der Waals surface area contributed by atoms with E-state index in [0.717, 1.165) is 36.7 Å². The van der Waals surface area contributed by atoms with E-state index >= 15 is 0 Å². The molecule has 3 heteroatoms. The Morgan fingerprint density at radius 1 is 1.16 bits per heavy atom. The minimum atomic E-state index is 0.802. The number of hydrogen-bond acceptors (Lipinski definition) is 2. The van der Waals surface area contributed by atoms with Gasteiger partial charge in [-0.05, 0) is 31.4 Å². The lowest BCUT2D eigenvalue weighted by Crippen LogP contribution is -2.06. The van der Waals surface area contributed by atoms with Gasteiger partial charge in [-0.1, -0.05) is 32.0 Å². The van der Waals surface area contributed by atoms with Crippen LogP contribution in [0.15, 0.2) is 18.2 Å². The lowest BCUT2D eigenvalue weighted by atomic mass is 10.0. The Morgan fingerprint density at radius 3 is 2.32 bits per heavy atom. The largest absolute Gasteiger partial charge is 0.383 e. The third-order valence-electron chi connectivity index (χ3n) is 3.57. The summed E-state index contributed by atoms with van der Waals surface area (Å²) in [6.07, 6.45) is 1.98. The van der Waals surface area contributed by atoms with E-state index < -0.39 is 0 Å². The molecule has 1 heterocycles. The predicted octanol–water partition coefficient (Wildman–Crippen LogP) is 3.72. The van der Waals surface area contributed by atoms with Crippen LogP contribution in [0.25, 0.3) is 11.3 Å². The fraction of sp³-hybridized carbons (Fsp3) is 0.438. The Kier molecular flexibility index (Phi) is 3.93. The number of aromatic nitrogens is 2. The summed E-state index contributed by atoms with van der Waals surface area (Å²) < 4.78 is 2.15. The van der Waals surface area contributed by atoms with Crippen molar-refractivity contribution < 1.29 is 0 Å². The van der Waals surface area contributed by atoms with Crippen LogP contribution in [0.5, 0.6) is 0 Å². The van der Waals surface area contributed by atoms with Gasteiger partial charge in [0.1, 0.15) is 17.3 Å². The molecule has 19 heavy (non-hydrogen) atoms. The Hall–Kier alpha value is -1.77. The second-order valence-corrected chi connectivity index (χ2v) is 5.03. The van der Waals surface area contributed by atoms with Crippen molar-refractivity contribution >= 4 is 5.82 Å². The van der Waals surface area contributed by atoms with Gasteiger partial charge in [0, 0.05) is 18.5 Å². The van der Waals surface area contributed by atoms with Crippen molar-refractivity contribution in [3.05, 3.63) is 35.2 Å². The number of nitrogen functional groups attached to an aromatic ring is 1. The van der Waals surface area contributed by atoms with Gasteiger partial charge >= 0.3 is 0 Å². The number of nitrogens with two attached hydrogens (primary N) is 1. The highest BCUT2D eigenvalue weighted by Crippen LogP contribution is 2.32. The van der Waals surface area contributed by atoms with Gasteiger partial charge in [0.25, 0.3) is 0 Å². The van der Waals surface area contributed by atoms with E-state index in [1.54, 1.807) is 0 Å². The number of aryl methyl sites for hydroxylation is 3. The molecule has 0 aliphatic heterocycles. The second kappa shape index (κ2) is 5.47. The van der Waals surface area contributed by atoms with E-state index in [9.17, 15) is 0 Å². The van der Waals surface area contributed by atoms with Crippen LogP contribution in [0.2, 0.25) is 0 Å². The average Bonchev–Trinajstić information content (AvgIpc) is 2.68. The van der Waals surface area contributed by atoms with Gasteiger partial charge in [0.2, 0.25) is 0 Å². The van der Waals surface area contributed by atoms with Crippen LogP contribution in [-0.2, 0) is 13.0 Å². The number of imidazole rings is 1. The van der Waals surface area contributed by atoms with Crippen molar-refractivity contribution in [1.82, 2.24) is 9.55 Å². The quantitative estimate of drug-likeness (QED) is 0.907. The van der Waals surface area contributed by atoms with Gasteiger partial charge in [-0.2, -0.15) is 0 Å². The summed E-state index contributed by atoms with van der Waals surface area (Å²) in [4.78, 5) is 4.78. The van der Waals surface area contributed by atoms with Crippen molar-refractivity contribution in [3.8, 4) is 11.3 Å². The summed E-state index contributed by atoms with van der Waals surface area (Å²) >= 11 is 0. The molecule has 1 aromatic carbocycles. The van der Waals surface area contributed by atoms with E-state index in [1.807, 2.05) is 0 Å².